The van der Waals surface area contributed by atoms with Gasteiger partial charge in [-0.1, -0.05) is 29.7 Å². The number of hydrogen-bond acceptors (Lipinski definition) is 3. The highest BCUT2D eigenvalue weighted by Crippen LogP contribution is 2.02. The van der Waals surface area contributed by atoms with Crippen molar-refractivity contribution >= 4 is 25.1 Å². The number of carbonyl (C=O) groups is 2. The molecular weight excluding hydrogens is 191 g/mol. The van der Waals surface area contributed by atoms with Crippen LogP contribution in [0, 0.1) is 0 Å². The molecule has 0 saturated heterocycles. The molecule has 3 nitrogen and oxygen atoms in total. The first-order chi connectivity index (χ1) is 7.13. The minimum absolute atomic E-state index is 0.184. The van der Waals surface area contributed by atoms with Crippen molar-refractivity contribution in [1.29, 1.82) is 0 Å². The van der Waals surface area contributed by atoms with E-state index in [9.17, 15) is 9.59 Å². The SMILES string of the molecule is Bc1ccc(C(=O)CC(=O)OCC)cc1. The molecule has 0 aliphatic rings. The fourth-order valence-electron chi connectivity index (χ4n) is 1.18. The first kappa shape index (κ1) is 11.5. The Balaban J connectivity index is 2.61. The highest BCUT2D eigenvalue weighted by atomic mass is 16.5. The molecule has 0 amide bonds. The molecule has 0 spiro atoms. The van der Waals surface area contributed by atoms with E-state index < -0.39 is 5.97 Å². The third kappa shape index (κ3) is 3.58. The fraction of sp³-hybridized carbons (Fsp3) is 0.273. The van der Waals surface area contributed by atoms with Gasteiger partial charge in [-0.25, -0.2) is 0 Å². The van der Waals surface area contributed by atoms with Crippen LogP contribution in [0.5, 0.6) is 0 Å². The van der Waals surface area contributed by atoms with Gasteiger partial charge in [0.1, 0.15) is 14.3 Å². The predicted octanol–water partition coefficient (Wildman–Crippen LogP) is 0.0809. The molecule has 0 aromatic heterocycles. The van der Waals surface area contributed by atoms with E-state index in [0.717, 1.165) is 5.46 Å². The average molecular weight is 204 g/mol. The molecule has 4 heteroatoms. The first-order valence-corrected chi connectivity index (χ1v) is 4.89. The van der Waals surface area contributed by atoms with Crippen LogP contribution in [0.1, 0.15) is 23.7 Å². The third-order valence-corrected chi connectivity index (χ3v) is 1.98. The molecule has 0 N–H and O–H groups in total. The number of Topliss-reactive ketones (excluding diaryl/α,β-unsaturated/α-hetero) is 1. The third-order valence-electron chi connectivity index (χ3n) is 1.98. The van der Waals surface area contributed by atoms with E-state index in [4.69, 9.17) is 4.74 Å². The summed E-state index contributed by atoms with van der Waals surface area (Å²) >= 11 is 0. The molecule has 0 radical (unpaired) electrons. The second-order valence-electron chi connectivity index (χ2n) is 3.27. The summed E-state index contributed by atoms with van der Waals surface area (Å²) < 4.78 is 4.70. The summed E-state index contributed by atoms with van der Waals surface area (Å²) in [6.07, 6.45) is -0.184. The number of rotatable bonds is 4. The molecule has 0 atom stereocenters. The van der Waals surface area contributed by atoms with Crippen molar-refractivity contribution in [3.8, 4) is 0 Å². The Morgan fingerprint density at radius 2 is 1.87 bits per heavy atom. The van der Waals surface area contributed by atoms with Crippen LogP contribution in [0.4, 0.5) is 0 Å². The van der Waals surface area contributed by atoms with E-state index in [2.05, 4.69) is 0 Å². The molecule has 0 fully saturated rings. The van der Waals surface area contributed by atoms with Crippen LogP contribution in [0.3, 0.4) is 0 Å². The predicted molar refractivity (Wildman–Crippen MR) is 60.2 cm³/mol. The minimum atomic E-state index is -0.469. The van der Waals surface area contributed by atoms with Gasteiger partial charge >= 0.3 is 5.97 Å². The van der Waals surface area contributed by atoms with Gasteiger partial charge in [0.25, 0.3) is 0 Å². The van der Waals surface area contributed by atoms with Crippen molar-refractivity contribution in [2.75, 3.05) is 6.61 Å². The maximum Gasteiger partial charge on any atom is 0.313 e. The minimum Gasteiger partial charge on any atom is -0.466 e. The highest BCUT2D eigenvalue weighted by molar-refractivity contribution is 6.32. The van der Waals surface area contributed by atoms with E-state index >= 15 is 0 Å². The molecule has 0 bridgehead atoms. The second-order valence-corrected chi connectivity index (χ2v) is 3.27. The molecule has 1 aromatic rings. The molecule has 1 rings (SSSR count). The lowest BCUT2D eigenvalue weighted by atomic mass is 9.94. The van der Waals surface area contributed by atoms with Gasteiger partial charge in [-0.15, -0.1) is 0 Å². The van der Waals surface area contributed by atoms with Crippen molar-refractivity contribution in [2.45, 2.75) is 13.3 Å². The number of ether oxygens (including phenoxy) is 1. The number of ketones is 1. The van der Waals surface area contributed by atoms with Crippen LogP contribution in [0.25, 0.3) is 0 Å². The summed E-state index contributed by atoms with van der Waals surface area (Å²) in [4.78, 5) is 22.6. The fourth-order valence-corrected chi connectivity index (χ4v) is 1.18. The summed E-state index contributed by atoms with van der Waals surface area (Å²) in [5.74, 6) is -0.670. The van der Waals surface area contributed by atoms with Gasteiger partial charge in [0.15, 0.2) is 5.78 Å². The van der Waals surface area contributed by atoms with Crippen molar-refractivity contribution in [1.82, 2.24) is 0 Å². The largest absolute Gasteiger partial charge is 0.466 e. The number of benzene rings is 1. The van der Waals surface area contributed by atoms with Gasteiger partial charge in [0.2, 0.25) is 0 Å². The first-order valence-electron chi connectivity index (χ1n) is 4.89. The maximum atomic E-state index is 11.5. The Morgan fingerprint density at radius 3 is 2.40 bits per heavy atom. The van der Waals surface area contributed by atoms with E-state index in [1.807, 2.05) is 20.0 Å². The molecule has 0 aliphatic heterocycles. The molecule has 0 aliphatic carbocycles. The summed E-state index contributed by atoms with van der Waals surface area (Å²) in [7, 11) is 1.94. The van der Waals surface area contributed by atoms with Gasteiger partial charge < -0.3 is 4.74 Å². The quantitative estimate of drug-likeness (QED) is 0.302. The molecule has 1 aromatic carbocycles. The smallest absolute Gasteiger partial charge is 0.313 e. The Bertz CT molecular complexity index is 357. The monoisotopic (exact) mass is 204 g/mol. The summed E-state index contributed by atoms with van der Waals surface area (Å²) in [5.41, 5.74) is 1.64. The van der Waals surface area contributed by atoms with Crippen LogP contribution >= 0.6 is 0 Å². The lowest BCUT2D eigenvalue weighted by Gasteiger charge is -2.01. The van der Waals surface area contributed by atoms with Gasteiger partial charge in [0, 0.05) is 5.56 Å². The van der Waals surface area contributed by atoms with Crippen LogP contribution in [-0.4, -0.2) is 26.2 Å². The molecule has 15 heavy (non-hydrogen) atoms. The van der Waals surface area contributed by atoms with Crippen LogP contribution < -0.4 is 5.46 Å². The van der Waals surface area contributed by atoms with Crippen LogP contribution in [0.15, 0.2) is 24.3 Å². The maximum absolute atomic E-state index is 11.5. The van der Waals surface area contributed by atoms with Crippen molar-refractivity contribution in [2.24, 2.45) is 0 Å². The summed E-state index contributed by atoms with van der Waals surface area (Å²) in [5, 5.41) is 0. The van der Waals surface area contributed by atoms with E-state index in [1.54, 1.807) is 19.1 Å². The lowest BCUT2D eigenvalue weighted by Crippen LogP contribution is -2.12. The Morgan fingerprint density at radius 1 is 1.27 bits per heavy atom. The Labute approximate surface area is 89.8 Å². The van der Waals surface area contributed by atoms with Crippen LogP contribution in [-0.2, 0) is 9.53 Å². The van der Waals surface area contributed by atoms with Gasteiger partial charge in [0.05, 0.1) is 6.61 Å². The topological polar surface area (TPSA) is 43.4 Å². The van der Waals surface area contributed by atoms with Gasteiger partial charge in [-0.2, -0.15) is 0 Å². The second kappa shape index (κ2) is 5.34. The zero-order valence-electron chi connectivity index (χ0n) is 8.95. The van der Waals surface area contributed by atoms with E-state index in [1.165, 1.54) is 0 Å². The van der Waals surface area contributed by atoms with Gasteiger partial charge in [-0.3, -0.25) is 9.59 Å². The Hall–Kier alpha value is -1.58. The molecule has 78 valence electrons. The van der Waals surface area contributed by atoms with E-state index in [-0.39, 0.29) is 12.2 Å². The standard InChI is InChI=1S/C11H13BO3/c1-2-15-11(14)7-10(13)8-3-5-9(12)6-4-8/h3-6H,2,7,12H2,1H3. The Kier molecular flexibility index (Phi) is 4.09. The zero-order valence-corrected chi connectivity index (χ0v) is 8.95. The number of hydrogen-bond donors (Lipinski definition) is 0. The highest BCUT2D eigenvalue weighted by Gasteiger charge is 2.11. The number of esters is 1. The van der Waals surface area contributed by atoms with Crippen molar-refractivity contribution in [3.63, 3.8) is 0 Å². The molecular formula is C11H13BO3. The number of carbonyl (C=O) groups excluding carboxylic acids is 2. The van der Waals surface area contributed by atoms with Crippen LogP contribution in [0.2, 0.25) is 0 Å². The zero-order chi connectivity index (χ0) is 11.3. The van der Waals surface area contributed by atoms with Gasteiger partial charge in [-0.05, 0) is 6.92 Å². The summed E-state index contributed by atoms with van der Waals surface area (Å²) in [6, 6.07) is 7.13. The van der Waals surface area contributed by atoms with Crippen molar-refractivity contribution in [3.05, 3.63) is 29.8 Å². The molecule has 0 heterocycles. The summed E-state index contributed by atoms with van der Waals surface area (Å²) in [6.45, 7) is 2.02. The lowest BCUT2D eigenvalue weighted by molar-refractivity contribution is -0.141. The average Bonchev–Trinajstić information content (AvgIpc) is 2.18. The van der Waals surface area contributed by atoms with E-state index in [0.29, 0.717) is 12.2 Å². The van der Waals surface area contributed by atoms with Crippen molar-refractivity contribution < 1.29 is 14.3 Å². The molecule has 0 unspecified atom stereocenters. The molecule has 0 saturated carbocycles. The normalized spacial score (nSPS) is 9.67.